The van der Waals surface area contributed by atoms with Crippen molar-refractivity contribution >= 4 is 27.7 Å². The minimum absolute atomic E-state index is 0.106. The van der Waals surface area contributed by atoms with E-state index in [9.17, 15) is 14.7 Å². The lowest BCUT2D eigenvalue weighted by Crippen LogP contribution is -2.57. The molecule has 0 aliphatic heterocycles. The molecule has 4 fully saturated rings. The van der Waals surface area contributed by atoms with E-state index < -0.39 is 5.97 Å². The minimum atomic E-state index is -0.651. The minimum Gasteiger partial charge on any atom is -0.481 e. The largest absolute Gasteiger partial charge is 0.481 e. The van der Waals surface area contributed by atoms with Gasteiger partial charge in [-0.05, 0) is 79.4 Å². The molecule has 4 aliphatic carbocycles. The molecule has 0 radical (unpaired) electrons. The third kappa shape index (κ3) is 2.57. The van der Waals surface area contributed by atoms with Crippen LogP contribution in [0.4, 0.5) is 0 Å². The zero-order chi connectivity index (χ0) is 18.9. The maximum absolute atomic E-state index is 13.1. The first-order chi connectivity index (χ1) is 12.2. The lowest BCUT2D eigenvalue weighted by molar-refractivity contribution is -0.157. The van der Waals surface area contributed by atoms with Crippen molar-refractivity contribution in [1.82, 2.24) is 0 Å². The van der Waals surface area contributed by atoms with E-state index in [0.717, 1.165) is 32.1 Å². The number of hydrogen-bond acceptors (Lipinski definition) is 2. The Morgan fingerprint density at radius 3 is 2.46 bits per heavy atom. The van der Waals surface area contributed by atoms with Gasteiger partial charge in [-0.3, -0.25) is 9.59 Å². The number of carboxylic acid groups (broad SMARTS) is 1. The summed E-state index contributed by atoms with van der Waals surface area (Å²) in [4.78, 5) is 25.3. The predicted molar refractivity (Wildman–Crippen MR) is 105 cm³/mol. The van der Waals surface area contributed by atoms with Crippen LogP contribution < -0.4 is 0 Å². The second-order valence-electron chi connectivity index (χ2n) is 10.3. The molecule has 4 aliphatic rings. The summed E-state index contributed by atoms with van der Waals surface area (Å²) in [6, 6.07) is 0. The third-order valence-corrected chi connectivity index (χ3v) is 10.3. The number of aliphatic carboxylic acids is 1. The van der Waals surface area contributed by atoms with Crippen LogP contribution in [0.15, 0.2) is 0 Å². The normalized spacial score (nSPS) is 51.9. The number of halogens is 1. The van der Waals surface area contributed by atoms with Crippen molar-refractivity contribution < 1.29 is 14.7 Å². The Balaban J connectivity index is 1.64. The average Bonchev–Trinajstić information content (AvgIpc) is 2.93. The fourth-order valence-corrected chi connectivity index (χ4v) is 8.63. The monoisotopic (exact) mass is 424 g/mol. The van der Waals surface area contributed by atoms with Gasteiger partial charge in [0.1, 0.15) is 5.78 Å². The van der Waals surface area contributed by atoms with Gasteiger partial charge in [-0.2, -0.15) is 0 Å². The summed E-state index contributed by atoms with van der Waals surface area (Å²) in [5.74, 6) is 1.76. The molecule has 9 atom stereocenters. The number of ketones is 1. The fraction of sp³-hybridized carbons (Fsp3) is 0.909. The van der Waals surface area contributed by atoms with E-state index >= 15 is 0 Å². The zero-order valence-electron chi connectivity index (χ0n) is 16.3. The number of carbonyl (C=O) groups is 2. The van der Waals surface area contributed by atoms with Crippen molar-refractivity contribution in [3.8, 4) is 0 Å². The third-order valence-electron chi connectivity index (χ3n) is 9.46. The van der Waals surface area contributed by atoms with E-state index in [0.29, 0.717) is 28.4 Å². The van der Waals surface area contributed by atoms with Crippen LogP contribution in [-0.2, 0) is 9.59 Å². The van der Waals surface area contributed by atoms with Gasteiger partial charge in [-0.15, -0.1) is 0 Å². The van der Waals surface area contributed by atoms with E-state index in [2.05, 4.69) is 29.8 Å². The second kappa shape index (κ2) is 6.32. The highest BCUT2D eigenvalue weighted by Gasteiger charge is 2.62. The molecule has 0 aromatic carbocycles. The Kier molecular flexibility index (Phi) is 4.61. The summed E-state index contributed by atoms with van der Waals surface area (Å²) >= 11 is 3.77. The molecule has 4 rings (SSSR count). The molecule has 1 N–H and O–H groups in total. The van der Waals surface area contributed by atoms with E-state index in [1.54, 1.807) is 0 Å². The average molecular weight is 425 g/mol. The van der Waals surface area contributed by atoms with Gasteiger partial charge >= 0.3 is 5.97 Å². The predicted octanol–water partition coefficient (Wildman–Crippen LogP) is 5.31. The highest BCUT2D eigenvalue weighted by Crippen LogP contribution is 2.67. The Morgan fingerprint density at radius 2 is 1.77 bits per heavy atom. The number of carbonyl (C=O) groups excluding carboxylic acids is 1. The van der Waals surface area contributed by atoms with Crippen molar-refractivity contribution in [2.45, 2.75) is 77.0 Å². The van der Waals surface area contributed by atoms with Gasteiger partial charge in [-0.1, -0.05) is 36.7 Å². The molecule has 4 heteroatoms. The van der Waals surface area contributed by atoms with Gasteiger partial charge in [0.15, 0.2) is 0 Å². The Labute approximate surface area is 165 Å². The summed E-state index contributed by atoms with van der Waals surface area (Å²) in [6.07, 6.45) is 8.59. The lowest BCUT2D eigenvalue weighted by Gasteiger charge is -2.60. The smallest absolute Gasteiger partial charge is 0.306 e. The number of fused-ring (bicyclic) bond motifs is 5. The highest BCUT2D eigenvalue weighted by molar-refractivity contribution is 9.09. The lowest BCUT2D eigenvalue weighted by atomic mass is 9.44. The topological polar surface area (TPSA) is 54.4 Å². The Hall–Kier alpha value is -0.380. The molecule has 0 bridgehead atoms. The first kappa shape index (κ1) is 19.0. The van der Waals surface area contributed by atoms with Gasteiger partial charge < -0.3 is 5.11 Å². The van der Waals surface area contributed by atoms with Crippen LogP contribution in [0.2, 0.25) is 0 Å². The van der Waals surface area contributed by atoms with Crippen molar-refractivity contribution in [2.75, 3.05) is 0 Å². The number of hydrogen-bond donors (Lipinski definition) is 1. The molecule has 4 saturated carbocycles. The molecule has 146 valence electrons. The maximum Gasteiger partial charge on any atom is 0.306 e. The van der Waals surface area contributed by atoms with Crippen LogP contribution in [0, 0.1) is 46.3 Å². The van der Waals surface area contributed by atoms with Gasteiger partial charge in [0.05, 0.1) is 5.92 Å². The van der Waals surface area contributed by atoms with E-state index in [1.807, 2.05) is 6.92 Å². The first-order valence-electron chi connectivity index (χ1n) is 10.6. The molecular weight excluding hydrogens is 392 g/mol. The van der Waals surface area contributed by atoms with Gasteiger partial charge in [0, 0.05) is 17.2 Å². The van der Waals surface area contributed by atoms with Crippen LogP contribution in [0.5, 0.6) is 0 Å². The van der Waals surface area contributed by atoms with Crippen molar-refractivity contribution in [2.24, 2.45) is 46.3 Å². The number of rotatable bonds is 2. The molecule has 0 amide bonds. The van der Waals surface area contributed by atoms with Crippen LogP contribution in [0.3, 0.4) is 0 Å². The number of Topliss-reactive ketones (excluding diaryl/α,β-unsaturated/α-hetero) is 1. The molecule has 0 saturated heterocycles. The number of alkyl halides is 1. The standard InChI is InChI=1S/C22H33BrO3/c1-12(20(25)26)15-4-5-16-14-11-19(24)18-10-13(23)6-8-22(18,3)17(14)7-9-21(15,16)2/h12-18H,4-11H2,1-3H3,(H,25,26)/t12-,13?,14?,15?,16?,17?,18+,21+,22+/m0/s1. The number of carboxylic acids is 1. The summed E-state index contributed by atoms with van der Waals surface area (Å²) in [6.45, 7) is 6.65. The molecular formula is C22H33BrO3. The molecule has 3 nitrogen and oxygen atoms in total. The molecule has 5 unspecified atom stereocenters. The fourth-order valence-electron chi connectivity index (χ4n) is 8.03. The molecule has 0 aromatic heterocycles. The van der Waals surface area contributed by atoms with E-state index in [-0.39, 0.29) is 28.6 Å². The Bertz CT molecular complexity index is 619. The molecule has 0 spiro atoms. The molecule has 0 heterocycles. The first-order valence-corrected chi connectivity index (χ1v) is 11.5. The van der Waals surface area contributed by atoms with Crippen molar-refractivity contribution in [1.29, 1.82) is 0 Å². The molecule has 26 heavy (non-hydrogen) atoms. The van der Waals surface area contributed by atoms with E-state index in [1.165, 1.54) is 19.3 Å². The quantitative estimate of drug-likeness (QED) is 0.610. The summed E-state index contributed by atoms with van der Waals surface area (Å²) in [5, 5.41) is 9.58. The summed E-state index contributed by atoms with van der Waals surface area (Å²) < 4.78 is 0. The van der Waals surface area contributed by atoms with Crippen LogP contribution >= 0.6 is 15.9 Å². The van der Waals surface area contributed by atoms with Gasteiger partial charge in [0.2, 0.25) is 0 Å². The maximum atomic E-state index is 13.1. The van der Waals surface area contributed by atoms with Crippen molar-refractivity contribution in [3.05, 3.63) is 0 Å². The highest BCUT2D eigenvalue weighted by atomic mass is 79.9. The SMILES string of the molecule is C[C@H](C(=O)O)C1CCC2C3CC(=O)[C@H]4CC(Br)CC[C@]4(C)C3CC[C@@]21C. The van der Waals surface area contributed by atoms with Crippen LogP contribution in [0.1, 0.15) is 72.1 Å². The van der Waals surface area contributed by atoms with Crippen LogP contribution in [0.25, 0.3) is 0 Å². The molecule has 0 aromatic rings. The summed E-state index contributed by atoms with van der Waals surface area (Å²) in [7, 11) is 0. The van der Waals surface area contributed by atoms with Gasteiger partial charge in [0.25, 0.3) is 0 Å². The Morgan fingerprint density at radius 1 is 1.12 bits per heavy atom. The van der Waals surface area contributed by atoms with Crippen LogP contribution in [-0.4, -0.2) is 21.7 Å². The van der Waals surface area contributed by atoms with Crippen molar-refractivity contribution in [3.63, 3.8) is 0 Å². The summed E-state index contributed by atoms with van der Waals surface area (Å²) in [5.41, 5.74) is 0.275. The van der Waals surface area contributed by atoms with Gasteiger partial charge in [-0.25, -0.2) is 0 Å². The van der Waals surface area contributed by atoms with E-state index in [4.69, 9.17) is 0 Å². The second-order valence-corrected chi connectivity index (χ2v) is 11.6. The zero-order valence-corrected chi connectivity index (χ0v) is 17.9.